The molecule has 0 atom stereocenters. The fourth-order valence-corrected chi connectivity index (χ4v) is 3.21. The third-order valence-electron chi connectivity index (χ3n) is 4.70. The van der Waals surface area contributed by atoms with Crippen LogP contribution in [-0.2, 0) is 19.2 Å². The predicted octanol–water partition coefficient (Wildman–Crippen LogP) is 1.85. The minimum atomic E-state index is -0.201. The summed E-state index contributed by atoms with van der Waals surface area (Å²) in [6.45, 7) is 0. The van der Waals surface area contributed by atoms with E-state index in [4.69, 9.17) is 16.2 Å². The van der Waals surface area contributed by atoms with Crippen LogP contribution in [0.2, 0.25) is 0 Å². The number of anilines is 4. The molecule has 4 rings (SSSR count). The van der Waals surface area contributed by atoms with E-state index in [2.05, 4.69) is 0 Å². The van der Waals surface area contributed by atoms with Gasteiger partial charge in [-0.05, 0) is 36.4 Å². The lowest BCUT2D eigenvalue weighted by molar-refractivity contribution is -0.122. The third-order valence-corrected chi connectivity index (χ3v) is 4.70. The largest absolute Gasteiger partial charge is 0.494 e. The highest BCUT2D eigenvalue weighted by Gasteiger charge is 2.32. The molecule has 2 aromatic carbocycles. The van der Waals surface area contributed by atoms with Gasteiger partial charge in [0, 0.05) is 43.1 Å². The number of nitrogens with two attached hydrogens (primary N) is 2. The number of benzene rings is 2. The Bertz CT molecular complexity index is 971. The highest BCUT2D eigenvalue weighted by atomic mass is 16.5. The minimum absolute atomic E-state index is 0.139. The fraction of sp³-hybridized carbons (Fsp3) is 0.238. The van der Waals surface area contributed by atoms with Gasteiger partial charge >= 0.3 is 0 Å². The molecular formula is C21H22N4O5. The Kier molecular flexibility index (Phi) is 6.01. The van der Waals surface area contributed by atoms with E-state index < -0.39 is 0 Å². The van der Waals surface area contributed by atoms with Crippen molar-refractivity contribution >= 4 is 46.4 Å². The van der Waals surface area contributed by atoms with E-state index in [1.807, 2.05) is 0 Å². The summed E-state index contributed by atoms with van der Waals surface area (Å²) in [5, 5.41) is 0. The monoisotopic (exact) mass is 410 g/mol. The second-order valence-electron chi connectivity index (χ2n) is 6.77. The lowest BCUT2D eigenvalue weighted by atomic mass is 10.2. The van der Waals surface area contributed by atoms with Crippen LogP contribution in [0.25, 0.3) is 0 Å². The van der Waals surface area contributed by atoms with Gasteiger partial charge in [-0.25, -0.2) is 4.90 Å². The van der Waals surface area contributed by atoms with Crippen molar-refractivity contribution in [2.45, 2.75) is 25.7 Å². The zero-order valence-electron chi connectivity index (χ0n) is 16.5. The number of imide groups is 2. The number of ether oxygens (including phenoxy) is 1. The summed E-state index contributed by atoms with van der Waals surface area (Å²) in [5.41, 5.74) is 13.3. The molecule has 0 radical (unpaired) electrons. The summed E-state index contributed by atoms with van der Waals surface area (Å²) >= 11 is 0. The molecule has 30 heavy (non-hydrogen) atoms. The average Bonchev–Trinajstić information content (AvgIpc) is 3.24. The average molecular weight is 410 g/mol. The van der Waals surface area contributed by atoms with Crippen LogP contribution in [0, 0.1) is 0 Å². The Hall–Kier alpha value is -3.88. The van der Waals surface area contributed by atoms with Gasteiger partial charge in [-0.3, -0.25) is 24.1 Å². The highest BCUT2D eigenvalue weighted by Crippen LogP contribution is 2.33. The molecule has 0 aliphatic carbocycles. The molecule has 0 spiro atoms. The number of nitrogen functional groups attached to an aromatic ring is 2. The molecule has 0 bridgehead atoms. The first-order valence-corrected chi connectivity index (χ1v) is 9.32. The molecule has 2 aliphatic rings. The number of carbonyl (C=O) groups excluding carboxylic acids is 4. The zero-order chi connectivity index (χ0) is 21.8. The number of hydrogen-bond acceptors (Lipinski definition) is 7. The van der Waals surface area contributed by atoms with Crippen molar-refractivity contribution in [1.29, 1.82) is 0 Å². The van der Waals surface area contributed by atoms with Crippen molar-refractivity contribution in [2.24, 2.45) is 0 Å². The lowest BCUT2D eigenvalue weighted by Gasteiger charge is -2.17. The Morgan fingerprint density at radius 3 is 1.67 bits per heavy atom. The predicted molar refractivity (Wildman–Crippen MR) is 112 cm³/mol. The van der Waals surface area contributed by atoms with Gasteiger partial charge in [-0.15, -0.1) is 0 Å². The molecule has 2 saturated heterocycles. The summed E-state index contributed by atoms with van der Waals surface area (Å²) in [4.78, 5) is 48.2. The topological polar surface area (TPSA) is 136 Å². The second-order valence-corrected chi connectivity index (χ2v) is 6.77. The molecule has 0 saturated carbocycles. The van der Waals surface area contributed by atoms with E-state index in [1.54, 1.807) is 42.5 Å². The number of amides is 4. The summed E-state index contributed by atoms with van der Waals surface area (Å²) in [5.74, 6) is -0.246. The Labute approximate surface area is 173 Å². The van der Waals surface area contributed by atoms with Gasteiger partial charge in [0.25, 0.3) is 0 Å². The number of rotatable bonds is 3. The maximum Gasteiger partial charge on any atom is 0.234 e. The number of nitrogens with zero attached hydrogens (tertiary/aromatic N) is 2. The van der Waals surface area contributed by atoms with Crippen molar-refractivity contribution in [2.75, 3.05) is 28.4 Å². The molecule has 2 aliphatic heterocycles. The molecule has 2 heterocycles. The molecule has 2 fully saturated rings. The molecule has 0 aromatic heterocycles. The number of hydrogen-bond donors (Lipinski definition) is 2. The molecule has 4 amide bonds. The van der Waals surface area contributed by atoms with Gasteiger partial charge < -0.3 is 16.2 Å². The summed E-state index contributed by atoms with van der Waals surface area (Å²) in [7, 11) is 1.48. The molecular weight excluding hydrogens is 388 g/mol. The first kappa shape index (κ1) is 20.8. The number of carbonyl (C=O) groups is 4. The van der Waals surface area contributed by atoms with E-state index in [0.29, 0.717) is 41.3 Å². The van der Waals surface area contributed by atoms with E-state index >= 15 is 0 Å². The standard InChI is InChI=1S/C11H12N2O3.C10H10N2O2/c1-16-9-6-7(12)2-3-8(9)13-10(14)4-5-11(13)15;11-7-1-3-8(4-2-7)12-9(13)5-6-10(12)14/h2-3,6H,4-5,12H2,1H3;1-4H,5-6,11H2. The fourth-order valence-electron chi connectivity index (χ4n) is 3.21. The van der Waals surface area contributed by atoms with E-state index in [0.717, 1.165) is 4.90 Å². The quantitative estimate of drug-likeness (QED) is 0.582. The molecule has 156 valence electrons. The SMILES string of the molecule is COc1cc(N)ccc1N1C(=O)CCC1=O.Nc1ccc(N2C(=O)CCC2=O)cc1. The van der Waals surface area contributed by atoms with Crippen LogP contribution < -0.4 is 26.0 Å². The number of methoxy groups -OCH3 is 1. The summed E-state index contributed by atoms with van der Waals surface area (Å²) in [6.07, 6.45) is 1.13. The Morgan fingerprint density at radius 1 is 0.700 bits per heavy atom. The third kappa shape index (κ3) is 4.24. The van der Waals surface area contributed by atoms with Crippen molar-refractivity contribution in [3.63, 3.8) is 0 Å². The van der Waals surface area contributed by atoms with E-state index in [1.165, 1.54) is 12.0 Å². The van der Waals surface area contributed by atoms with Crippen LogP contribution in [0.5, 0.6) is 5.75 Å². The van der Waals surface area contributed by atoms with Crippen LogP contribution in [0.3, 0.4) is 0 Å². The molecule has 9 heteroatoms. The zero-order valence-corrected chi connectivity index (χ0v) is 16.5. The van der Waals surface area contributed by atoms with Gasteiger partial charge in [0.2, 0.25) is 23.6 Å². The Morgan fingerprint density at radius 2 is 1.17 bits per heavy atom. The lowest BCUT2D eigenvalue weighted by Crippen LogP contribution is -2.28. The van der Waals surface area contributed by atoms with Crippen LogP contribution in [0.15, 0.2) is 42.5 Å². The highest BCUT2D eigenvalue weighted by molar-refractivity contribution is 6.21. The van der Waals surface area contributed by atoms with Gasteiger partial charge in [-0.1, -0.05) is 0 Å². The van der Waals surface area contributed by atoms with Crippen LogP contribution >= 0.6 is 0 Å². The second kappa shape index (κ2) is 8.64. The van der Waals surface area contributed by atoms with Gasteiger partial charge in [0.15, 0.2) is 0 Å². The van der Waals surface area contributed by atoms with Gasteiger partial charge in [0.05, 0.1) is 18.5 Å². The van der Waals surface area contributed by atoms with Crippen LogP contribution in [0.4, 0.5) is 22.7 Å². The van der Waals surface area contributed by atoms with Crippen molar-refractivity contribution in [3.05, 3.63) is 42.5 Å². The maximum absolute atomic E-state index is 11.6. The van der Waals surface area contributed by atoms with Crippen molar-refractivity contribution < 1.29 is 23.9 Å². The van der Waals surface area contributed by atoms with Crippen LogP contribution in [-0.4, -0.2) is 30.7 Å². The first-order chi connectivity index (χ1) is 14.3. The molecule has 0 unspecified atom stereocenters. The molecule has 2 aromatic rings. The summed E-state index contributed by atoms with van der Waals surface area (Å²) in [6, 6.07) is 11.6. The minimum Gasteiger partial charge on any atom is -0.494 e. The Balaban J connectivity index is 0.000000172. The molecule has 9 nitrogen and oxygen atoms in total. The van der Waals surface area contributed by atoms with Gasteiger partial charge in [-0.2, -0.15) is 0 Å². The first-order valence-electron chi connectivity index (χ1n) is 9.32. The van der Waals surface area contributed by atoms with Crippen LogP contribution in [0.1, 0.15) is 25.7 Å². The van der Waals surface area contributed by atoms with Crippen molar-refractivity contribution in [1.82, 2.24) is 0 Å². The van der Waals surface area contributed by atoms with Gasteiger partial charge in [0.1, 0.15) is 5.75 Å². The van der Waals surface area contributed by atoms with Crippen molar-refractivity contribution in [3.8, 4) is 5.75 Å². The maximum atomic E-state index is 11.6. The van der Waals surface area contributed by atoms with E-state index in [-0.39, 0.29) is 36.5 Å². The van der Waals surface area contributed by atoms with E-state index in [9.17, 15) is 19.2 Å². The summed E-state index contributed by atoms with van der Waals surface area (Å²) < 4.78 is 5.11. The smallest absolute Gasteiger partial charge is 0.234 e. The molecule has 4 N–H and O–H groups in total. The normalized spacial score (nSPS) is 16.0.